The van der Waals surface area contributed by atoms with E-state index in [0.29, 0.717) is 18.0 Å². The molecular formula is C20H34N2O3. The number of ether oxygens (including phenoxy) is 2. The first-order chi connectivity index (χ1) is 11.9. The number of nitrogens with one attached hydrogen (secondary N) is 1. The van der Waals surface area contributed by atoms with E-state index in [1.807, 2.05) is 32.0 Å². The van der Waals surface area contributed by atoms with E-state index in [-0.39, 0.29) is 5.91 Å². The maximum atomic E-state index is 12.6. The molecule has 1 aromatic carbocycles. The highest BCUT2D eigenvalue weighted by molar-refractivity contribution is 5.87. The average molecular weight is 351 g/mol. The minimum atomic E-state index is -0.627. The Morgan fingerprint density at radius 3 is 2.28 bits per heavy atom. The van der Waals surface area contributed by atoms with E-state index in [0.717, 1.165) is 38.0 Å². The molecule has 0 bridgehead atoms. The Kier molecular flexibility index (Phi) is 8.76. The van der Waals surface area contributed by atoms with Gasteiger partial charge in [-0.3, -0.25) is 4.79 Å². The van der Waals surface area contributed by atoms with Gasteiger partial charge >= 0.3 is 0 Å². The van der Waals surface area contributed by atoms with Gasteiger partial charge in [-0.2, -0.15) is 0 Å². The zero-order chi connectivity index (χ0) is 18.9. The predicted molar refractivity (Wildman–Crippen MR) is 103 cm³/mol. The van der Waals surface area contributed by atoms with Crippen molar-refractivity contribution >= 4 is 5.91 Å². The maximum Gasteiger partial charge on any atom is 0.230 e. The number of amides is 1. The fourth-order valence-electron chi connectivity index (χ4n) is 2.78. The third-order valence-corrected chi connectivity index (χ3v) is 4.75. The number of carbonyl (C=O) groups excluding carboxylic acids is 1. The standard InChI is InChI=1S/C20H34N2O3/c1-7-22(8-2)14-10-9-13-21-19(23)20(3,4)16-11-12-17(24-5)18(15-16)25-6/h11-12,15H,7-10,13-14H2,1-6H3,(H,21,23). The van der Waals surface area contributed by atoms with Gasteiger partial charge in [0.2, 0.25) is 5.91 Å². The molecule has 0 atom stereocenters. The summed E-state index contributed by atoms with van der Waals surface area (Å²) in [4.78, 5) is 15.0. The molecule has 0 fully saturated rings. The van der Waals surface area contributed by atoms with Crippen LogP contribution >= 0.6 is 0 Å². The van der Waals surface area contributed by atoms with Gasteiger partial charge in [0, 0.05) is 6.54 Å². The van der Waals surface area contributed by atoms with E-state index in [1.165, 1.54) is 0 Å². The predicted octanol–water partition coefficient (Wildman–Crippen LogP) is 3.22. The van der Waals surface area contributed by atoms with Crippen molar-refractivity contribution in [3.8, 4) is 11.5 Å². The third kappa shape index (κ3) is 5.92. The summed E-state index contributed by atoms with van der Waals surface area (Å²) in [5.74, 6) is 1.33. The number of unbranched alkanes of at least 4 members (excludes halogenated alkanes) is 1. The van der Waals surface area contributed by atoms with E-state index in [2.05, 4.69) is 24.1 Å². The molecule has 0 aromatic heterocycles. The van der Waals surface area contributed by atoms with E-state index in [9.17, 15) is 4.79 Å². The Morgan fingerprint density at radius 1 is 1.08 bits per heavy atom. The lowest BCUT2D eigenvalue weighted by molar-refractivity contribution is -0.125. The second kappa shape index (κ2) is 10.3. The van der Waals surface area contributed by atoms with Crippen LogP contribution in [-0.4, -0.2) is 51.2 Å². The minimum Gasteiger partial charge on any atom is -0.493 e. The van der Waals surface area contributed by atoms with Crippen molar-refractivity contribution in [3.05, 3.63) is 23.8 Å². The van der Waals surface area contributed by atoms with Crippen molar-refractivity contribution in [2.45, 2.75) is 46.0 Å². The van der Waals surface area contributed by atoms with Crippen LogP contribution in [0.15, 0.2) is 18.2 Å². The smallest absolute Gasteiger partial charge is 0.230 e. The molecule has 1 aromatic rings. The third-order valence-electron chi connectivity index (χ3n) is 4.75. The monoisotopic (exact) mass is 350 g/mol. The van der Waals surface area contributed by atoms with Crippen LogP contribution in [0.25, 0.3) is 0 Å². The summed E-state index contributed by atoms with van der Waals surface area (Å²) in [5.41, 5.74) is 0.282. The Balaban J connectivity index is 2.59. The van der Waals surface area contributed by atoms with Crippen molar-refractivity contribution in [2.24, 2.45) is 0 Å². The zero-order valence-electron chi connectivity index (χ0n) is 16.6. The number of benzene rings is 1. The van der Waals surface area contributed by atoms with E-state index >= 15 is 0 Å². The van der Waals surface area contributed by atoms with E-state index in [1.54, 1.807) is 14.2 Å². The van der Waals surface area contributed by atoms with Gasteiger partial charge in [-0.1, -0.05) is 19.9 Å². The van der Waals surface area contributed by atoms with Gasteiger partial charge in [0.05, 0.1) is 19.6 Å². The van der Waals surface area contributed by atoms with Crippen molar-refractivity contribution in [3.63, 3.8) is 0 Å². The quantitative estimate of drug-likeness (QED) is 0.623. The molecule has 1 N–H and O–H groups in total. The zero-order valence-corrected chi connectivity index (χ0v) is 16.6. The largest absolute Gasteiger partial charge is 0.493 e. The fourth-order valence-corrected chi connectivity index (χ4v) is 2.78. The summed E-state index contributed by atoms with van der Waals surface area (Å²) < 4.78 is 10.6. The first-order valence-electron chi connectivity index (χ1n) is 9.13. The summed E-state index contributed by atoms with van der Waals surface area (Å²) in [7, 11) is 3.21. The number of rotatable bonds is 11. The number of carbonyl (C=O) groups is 1. The molecular weight excluding hydrogens is 316 g/mol. The van der Waals surface area contributed by atoms with Crippen LogP contribution in [0, 0.1) is 0 Å². The van der Waals surface area contributed by atoms with Gasteiger partial charge in [-0.25, -0.2) is 0 Å². The lowest BCUT2D eigenvalue weighted by Crippen LogP contribution is -2.40. The van der Waals surface area contributed by atoms with Crippen molar-refractivity contribution < 1.29 is 14.3 Å². The molecule has 0 aliphatic carbocycles. The molecule has 142 valence electrons. The Morgan fingerprint density at radius 2 is 1.72 bits per heavy atom. The van der Waals surface area contributed by atoms with Crippen LogP contribution in [0.1, 0.15) is 46.1 Å². The number of methoxy groups -OCH3 is 2. The van der Waals surface area contributed by atoms with Crippen molar-refractivity contribution in [1.82, 2.24) is 10.2 Å². The first-order valence-corrected chi connectivity index (χ1v) is 9.13. The summed E-state index contributed by atoms with van der Waals surface area (Å²) in [6, 6.07) is 5.63. The lowest BCUT2D eigenvalue weighted by atomic mass is 9.83. The van der Waals surface area contributed by atoms with Gasteiger partial charge in [-0.05, 0) is 64.0 Å². The lowest BCUT2D eigenvalue weighted by Gasteiger charge is -2.25. The Bertz CT molecular complexity index is 540. The fraction of sp³-hybridized carbons (Fsp3) is 0.650. The summed E-state index contributed by atoms with van der Waals surface area (Å²) in [6.45, 7) is 12.2. The van der Waals surface area contributed by atoms with Gasteiger partial charge in [0.15, 0.2) is 11.5 Å². The van der Waals surface area contributed by atoms with Gasteiger partial charge in [0.1, 0.15) is 0 Å². The topological polar surface area (TPSA) is 50.8 Å². The number of nitrogens with zero attached hydrogens (tertiary/aromatic N) is 1. The minimum absolute atomic E-state index is 0.0301. The second-order valence-corrected chi connectivity index (χ2v) is 6.68. The van der Waals surface area contributed by atoms with Gasteiger partial charge < -0.3 is 19.7 Å². The van der Waals surface area contributed by atoms with Crippen LogP contribution in [0.4, 0.5) is 0 Å². The van der Waals surface area contributed by atoms with Crippen LogP contribution in [0.2, 0.25) is 0 Å². The molecule has 0 saturated carbocycles. The summed E-state index contributed by atoms with van der Waals surface area (Å²) in [5, 5.41) is 3.07. The molecule has 25 heavy (non-hydrogen) atoms. The number of hydrogen-bond acceptors (Lipinski definition) is 4. The highest BCUT2D eigenvalue weighted by atomic mass is 16.5. The Labute approximate surface area is 152 Å². The van der Waals surface area contributed by atoms with Crippen LogP contribution in [0.3, 0.4) is 0 Å². The summed E-state index contributed by atoms with van der Waals surface area (Å²) >= 11 is 0. The first kappa shape index (κ1) is 21.3. The molecule has 5 heteroatoms. The molecule has 0 radical (unpaired) electrons. The van der Waals surface area contributed by atoms with Crippen LogP contribution < -0.4 is 14.8 Å². The van der Waals surface area contributed by atoms with Gasteiger partial charge in [-0.15, -0.1) is 0 Å². The molecule has 0 heterocycles. The van der Waals surface area contributed by atoms with E-state index in [4.69, 9.17) is 9.47 Å². The molecule has 0 saturated heterocycles. The Hall–Kier alpha value is -1.75. The second-order valence-electron chi connectivity index (χ2n) is 6.68. The maximum absolute atomic E-state index is 12.6. The van der Waals surface area contributed by atoms with Crippen molar-refractivity contribution in [2.75, 3.05) is 40.4 Å². The van der Waals surface area contributed by atoms with Crippen molar-refractivity contribution in [1.29, 1.82) is 0 Å². The molecule has 1 amide bonds. The molecule has 0 spiro atoms. The SMILES string of the molecule is CCN(CC)CCCCNC(=O)C(C)(C)c1ccc(OC)c(OC)c1. The van der Waals surface area contributed by atoms with Crippen LogP contribution in [0.5, 0.6) is 11.5 Å². The molecule has 0 aliphatic rings. The highest BCUT2D eigenvalue weighted by Gasteiger charge is 2.30. The summed E-state index contributed by atoms with van der Waals surface area (Å²) in [6.07, 6.45) is 2.09. The van der Waals surface area contributed by atoms with Gasteiger partial charge in [0.25, 0.3) is 0 Å². The van der Waals surface area contributed by atoms with E-state index < -0.39 is 5.41 Å². The highest BCUT2D eigenvalue weighted by Crippen LogP contribution is 2.33. The molecule has 1 rings (SSSR count). The molecule has 0 aliphatic heterocycles. The van der Waals surface area contributed by atoms with Crippen LogP contribution in [-0.2, 0) is 10.2 Å². The molecule has 0 unspecified atom stereocenters. The average Bonchev–Trinajstić information content (AvgIpc) is 2.63. The number of hydrogen-bond donors (Lipinski definition) is 1. The normalized spacial score (nSPS) is 11.5. The molecule has 5 nitrogen and oxygen atoms in total.